The zero-order valence-corrected chi connectivity index (χ0v) is 12.6. The minimum Gasteiger partial charge on any atom is -0.491 e. The Balaban J connectivity index is 2.60. The number of halogens is 4. The van der Waals surface area contributed by atoms with E-state index in [4.69, 9.17) is 14.2 Å². The molecule has 0 aliphatic heterocycles. The molecule has 0 aliphatic rings. The maximum atomic E-state index is 12.9. The van der Waals surface area contributed by atoms with Crippen molar-refractivity contribution in [3.8, 4) is 5.75 Å². The molecule has 0 unspecified atom stereocenters. The first-order chi connectivity index (χ1) is 9.49. The van der Waals surface area contributed by atoms with E-state index >= 15 is 0 Å². The lowest BCUT2D eigenvalue weighted by Gasteiger charge is -2.15. The highest BCUT2D eigenvalue weighted by atomic mass is 79.9. The van der Waals surface area contributed by atoms with Gasteiger partial charge in [0, 0.05) is 12.4 Å². The van der Waals surface area contributed by atoms with E-state index in [1.54, 1.807) is 13.2 Å². The van der Waals surface area contributed by atoms with Crippen molar-refractivity contribution in [1.29, 1.82) is 0 Å². The molecule has 0 saturated heterocycles. The summed E-state index contributed by atoms with van der Waals surface area (Å²) in [5, 5.41) is 0.358. The van der Waals surface area contributed by atoms with Gasteiger partial charge < -0.3 is 14.2 Å². The van der Waals surface area contributed by atoms with Gasteiger partial charge in [0.1, 0.15) is 12.4 Å². The second-order valence-electron chi connectivity index (χ2n) is 3.92. The molecule has 0 saturated carbocycles. The molecule has 20 heavy (non-hydrogen) atoms. The predicted octanol–water partition coefficient (Wildman–Crippen LogP) is 3.64. The second-order valence-corrected chi connectivity index (χ2v) is 4.48. The lowest BCUT2D eigenvalue weighted by molar-refractivity contribution is -0.139. The third-order valence-corrected chi connectivity index (χ3v) is 3.07. The summed E-state index contributed by atoms with van der Waals surface area (Å²) in [6, 6.07) is 4.00. The van der Waals surface area contributed by atoms with E-state index in [2.05, 4.69) is 15.9 Å². The largest absolute Gasteiger partial charge is 0.491 e. The third-order valence-electron chi connectivity index (χ3n) is 2.42. The van der Waals surface area contributed by atoms with Gasteiger partial charge in [0.05, 0.1) is 25.4 Å². The number of hydrogen-bond donors (Lipinski definition) is 0. The maximum Gasteiger partial charge on any atom is 0.419 e. The van der Waals surface area contributed by atoms with E-state index in [1.807, 2.05) is 0 Å². The van der Waals surface area contributed by atoms with Crippen LogP contribution in [0.5, 0.6) is 5.75 Å². The molecule has 0 spiro atoms. The zero-order chi connectivity index (χ0) is 15.0. The summed E-state index contributed by atoms with van der Waals surface area (Å²) < 4.78 is 53.7. The Labute approximate surface area is 124 Å². The quantitative estimate of drug-likeness (QED) is 0.525. The van der Waals surface area contributed by atoms with Crippen molar-refractivity contribution in [1.82, 2.24) is 0 Å². The fourth-order valence-electron chi connectivity index (χ4n) is 1.46. The Bertz CT molecular complexity index is 410. The summed E-state index contributed by atoms with van der Waals surface area (Å²) in [7, 11) is 1.54. The van der Waals surface area contributed by atoms with Gasteiger partial charge >= 0.3 is 6.18 Å². The lowest BCUT2D eigenvalue weighted by atomic mass is 10.1. The molecule has 1 aromatic rings. The number of benzene rings is 1. The van der Waals surface area contributed by atoms with Crippen LogP contribution in [-0.4, -0.2) is 33.5 Å². The van der Waals surface area contributed by atoms with Gasteiger partial charge in [0.25, 0.3) is 0 Å². The van der Waals surface area contributed by atoms with Crippen molar-refractivity contribution in [3.63, 3.8) is 0 Å². The standard InChI is InChI=1S/C13H16BrF3O3/c1-18-4-5-19-6-7-20-12-3-2-10(9-14)8-11(12)13(15,16)17/h2-3,8H,4-7,9H2,1H3. The van der Waals surface area contributed by atoms with Gasteiger partial charge in [0.2, 0.25) is 0 Å². The third kappa shape index (κ3) is 5.68. The number of alkyl halides is 4. The number of methoxy groups -OCH3 is 1. The minimum atomic E-state index is -4.44. The molecule has 0 atom stereocenters. The van der Waals surface area contributed by atoms with Crippen LogP contribution in [0.3, 0.4) is 0 Å². The van der Waals surface area contributed by atoms with Crippen LogP contribution in [0.25, 0.3) is 0 Å². The van der Waals surface area contributed by atoms with E-state index in [1.165, 1.54) is 6.07 Å². The monoisotopic (exact) mass is 356 g/mol. The summed E-state index contributed by atoms with van der Waals surface area (Å²) >= 11 is 3.13. The fraction of sp³-hybridized carbons (Fsp3) is 0.538. The zero-order valence-electron chi connectivity index (χ0n) is 11.0. The van der Waals surface area contributed by atoms with Crippen molar-refractivity contribution in [2.75, 3.05) is 33.5 Å². The molecule has 1 aromatic carbocycles. The van der Waals surface area contributed by atoms with E-state index in [-0.39, 0.29) is 19.0 Å². The van der Waals surface area contributed by atoms with Crippen molar-refractivity contribution in [2.24, 2.45) is 0 Å². The Hall–Kier alpha value is -0.790. The van der Waals surface area contributed by atoms with E-state index in [0.29, 0.717) is 24.1 Å². The van der Waals surface area contributed by atoms with Gasteiger partial charge in [-0.15, -0.1) is 0 Å². The summed E-state index contributed by atoms with van der Waals surface area (Å²) in [5.74, 6) is -0.183. The fourth-order valence-corrected chi connectivity index (χ4v) is 1.81. The van der Waals surface area contributed by atoms with Crippen molar-refractivity contribution < 1.29 is 27.4 Å². The molecule has 7 heteroatoms. The SMILES string of the molecule is COCCOCCOc1ccc(CBr)cc1C(F)(F)F. The Morgan fingerprint density at radius 3 is 2.40 bits per heavy atom. The van der Waals surface area contributed by atoms with Crippen LogP contribution in [0, 0.1) is 0 Å². The van der Waals surface area contributed by atoms with Gasteiger partial charge in [-0.3, -0.25) is 0 Å². The average molecular weight is 357 g/mol. The molecule has 0 radical (unpaired) electrons. The Morgan fingerprint density at radius 1 is 1.10 bits per heavy atom. The van der Waals surface area contributed by atoms with Crippen LogP contribution < -0.4 is 4.74 Å². The highest BCUT2D eigenvalue weighted by molar-refractivity contribution is 9.08. The molecule has 0 fully saturated rings. The van der Waals surface area contributed by atoms with Crippen molar-refractivity contribution in [2.45, 2.75) is 11.5 Å². The lowest BCUT2D eigenvalue weighted by Crippen LogP contribution is -2.13. The first kappa shape index (κ1) is 17.3. The number of ether oxygens (including phenoxy) is 3. The van der Waals surface area contributed by atoms with Gasteiger partial charge in [-0.1, -0.05) is 22.0 Å². The molecule has 114 valence electrons. The van der Waals surface area contributed by atoms with Gasteiger partial charge in [0.15, 0.2) is 0 Å². The van der Waals surface area contributed by atoms with Crippen molar-refractivity contribution in [3.05, 3.63) is 29.3 Å². The number of rotatable bonds is 8. The summed E-state index contributed by atoms with van der Waals surface area (Å²) in [4.78, 5) is 0. The van der Waals surface area contributed by atoms with Gasteiger partial charge in [-0.2, -0.15) is 13.2 Å². The molecule has 0 aliphatic carbocycles. The van der Waals surface area contributed by atoms with Crippen molar-refractivity contribution >= 4 is 15.9 Å². The molecule has 0 amide bonds. The van der Waals surface area contributed by atoms with Gasteiger partial charge in [-0.25, -0.2) is 0 Å². The highest BCUT2D eigenvalue weighted by Crippen LogP contribution is 2.37. The summed E-state index contributed by atoms with van der Waals surface area (Å²) in [5.41, 5.74) is -0.229. The first-order valence-electron chi connectivity index (χ1n) is 5.94. The van der Waals surface area contributed by atoms with Gasteiger partial charge in [-0.05, 0) is 17.7 Å². The summed E-state index contributed by atoms with van der Waals surface area (Å²) in [6.07, 6.45) is -4.44. The summed E-state index contributed by atoms with van der Waals surface area (Å²) in [6.45, 7) is 1.09. The molecule has 0 heterocycles. The smallest absolute Gasteiger partial charge is 0.419 e. The Morgan fingerprint density at radius 2 is 1.80 bits per heavy atom. The predicted molar refractivity (Wildman–Crippen MR) is 72.3 cm³/mol. The van der Waals surface area contributed by atoms with Crippen LogP contribution in [0.1, 0.15) is 11.1 Å². The molecular weight excluding hydrogens is 341 g/mol. The molecule has 0 aromatic heterocycles. The maximum absolute atomic E-state index is 12.9. The highest BCUT2D eigenvalue weighted by Gasteiger charge is 2.34. The molecule has 0 bridgehead atoms. The van der Waals surface area contributed by atoms with Crippen LogP contribution in [0.4, 0.5) is 13.2 Å². The first-order valence-corrected chi connectivity index (χ1v) is 7.06. The van der Waals surface area contributed by atoms with E-state index in [0.717, 1.165) is 6.07 Å². The Kier molecular flexibility index (Phi) is 7.32. The second kappa shape index (κ2) is 8.49. The van der Waals surface area contributed by atoms with Crippen LogP contribution >= 0.6 is 15.9 Å². The molecule has 0 N–H and O–H groups in total. The molecule has 3 nitrogen and oxygen atoms in total. The average Bonchev–Trinajstić information content (AvgIpc) is 2.41. The van der Waals surface area contributed by atoms with Crippen LogP contribution in [-0.2, 0) is 21.0 Å². The minimum absolute atomic E-state index is 0.0560. The topological polar surface area (TPSA) is 27.7 Å². The number of hydrogen-bond acceptors (Lipinski definition) is 3. The van der Waals surface area contributed by atoms with E-state index in [9.17, 15) is 13.2 Å². The molecule has 1 rings (SSSR count). The molecular formula is C13H16BrF3O3. The van der Waals surface area contributed by atoms with Crippen LogP contribution in [0.2, 0.25) is 0 Å². The normalized spacial score (nSPS) is 11.7. The van der Waals surface area contributed by atoms with Crippen LogP contribution in [0.15, 0.2) is 18.2 Å². The van der Waals surface area contributed by atoms with E-state index < -0.39 is 11.7 Å².